The third kappa shape index (κ3) is 2.59. The molecular formula is C14H15ClN4O2. The Bertz CT molecular complexity index is 693. The summed E-state index contributed by atoms with van der Waals surface area (Å²) in [6.07, 6.45) is 0.703. The molecule has 1 aromatic carbocycles. The summed E-state index contributed by atoms with van der Waals surface area (Å²) < 4.78 is 10.8. The highest BCUT2D eigenvalue weighted by Crippen LogP contribution is 2.39. The molecule has 21 heavy (non-hydrogen) atoms. The van der Waals surface area contributed by atoms with Crippen LogP contribution in [0.4, 0.5) is 5.95 Å². The summed E-state index contributed by atoms with van der Waals surface area (Å²) in [4.78, 5) is 8.19. The lowest BCUT2D eigenvalue weighted by Crippen LogP contribution is -2.24. The van der Waals surface area contributed by atoms with E-state index < -0.39 is 0 Å². The number of hydrogen-bond acceptors (Lipinski definition) is 6. The summed E-state index contributed by atoms with van der Waals surface area (Å²) in [5.41, 5.74) is 13.8. The molecule has 2 aromatic rings. The Hall–Kier alpha value is -2.05. The van der Waals surface area contributed by atoms with Crippen LogP contribution in [0.15, 0.2) is 18.2 Å². The number of aromatic nitrogens is 2. The zero-order valence-corrected chi connectivity index (χ0v) is 12.2. The van der Waals surface area contributed by atoms with Crippen molar-refractivity contribution in [2.75, 3.05) is 19.4 Å². The van der Waals surface area contributed by atoms with E-state index in [1.807, 2.05) is 6.07 Å². The molecule has 0 radical (unpaired) electrons. The van der Waals surface area contributed by atoms with Crippen molar-refractivity contribution in [2.45, 2.75) is 12.5 Å². The second-order valence-electron chi connectivity index (χ2n) is 4.78. The molecule has 2 heterocycles. The first-order chi connectivity index (χ1) is 10.1. The molecule has 1 aliphatic heterocycles. The molecule has 7 heteroatoms. The fraction of sp³-hybridized carbons (Fsp3) is 0.286. The van der Waals surface area contributed by atoms with Crippen LogP contribution < -0.4 is 20.9 Å². The molecule has 0 amide bonds. The Balaban J connectivity index is 2.05. The van der Waals surface area contributed by atoms with Crippen molar-refractivity contribution < 1.29 is 9.47 Å². The van der Waals surface area contributed by atoms with E-state index >= 15 is 0 Å². The van der Waals surface area contributed by atoms with Crippen LogP contribution in [0.25, 0.3) is 11.3 Å². The average molecular weight is 307 g/mol. The number of ether oxygens (including phenoxy) is 2. The van der Waals surface area contributed by atoms with Crippen molar-refractivity contribution in [3.8, 4) is 22.9 Å². The molecular weight excluding hydrogens is 292 g/mol. The Morgan fingerprint density at radius 3 is 2.90 bits per heavy atom. The minimum absolute atomic E-state index is 0.0299. The predicted octanol–water partition coefficient (Wildman–Crippen LogP) is 1.65. The third-order valence-corrected chi connectivity index (χ3v) is 3.62. The minimum atomic E-state index is -0.0299. The van der Waals surface area contributed by atoms with E-state index in [1.54, 1.807) is 12.1 Å². The molecule has 1 aromatic heterocycles. The second-order valence-corrected chi connectivity index (χ2v) is 5.19. The molecule has 0 saturated heterocycles. The minimum Gasteiger partial charge on any atom is -0.487 e. The third-order valence-electron chi connectivity index (χ3n) is 3.34. The standard InChI is InChI=1S/C14H15ClN4O2/c1-20-12-5-11(18-14(17)19-12)7-2-8-3-9(6-16)21-13(8)10(15)4-7/h2,4-5,9H,3,6,16H2,1H3,(H2,17,18,19)/t9-/m1/s1. The first kappa shape index (κ1) is 13.9. The van der Waals surface area contributed by atoms with Gasteiger partial charge in [0.05, 0.1) is 17.8 Å². The highest BCUT2D eigenvalue weighted by Gasteiger charge is 2.25. The largest absolute Gasteiger partial charge is 0.487 e. The van der Waals surface area contributed by atoms with E-state index in [0.717, 1.165) is 17.5 Å². The molecule has 0 aliphatic carbocycles. The van der Waals surface area contributed by atoms with Gasteiger partial charge < -0.3 is 20.9 Å². The van der Waals surface area contributed by atoms with E-state index in [2.05, 4.69) is 9.97 Å². The molecule has 3 rings (SSSR count). The molecule has 0 bridgehead atoms. The van der Waals surface area contributed by atoms with Gasteiger partial charge in [-0.25, -0.2) is 4.98 Å². The lowest BCUT2D eigenvalue weighted by molar-refractivity contribution is 0.241. The van der Waals surface area contributed by atoms with Crippen molar-refractivity contribution in [1.29, 1.82) is 0 Å². The quantitative estimate of drug-likeness (QED) is 0.895. The van der Waals surface area contributed by atoms with Gasteiger partial charge in [0.15, 0.2) is 0 Å². The predicted molar refractivity (Wildman–Crippen MR) is 80.6 cm³/mol. The van der Waals surface area contributed by atoms with Crippen molar-refractivity contribution in [2.24, 2.45) is 5.73 Å². The molecule has 6 nitrogen and oxygen atoms in total. The maximum Gasteiger partial charge on any atom is 0.223 e. The van der Waals surface area contributed by atoms with Crippen LogP contribution in [0.3, 0.4) is 0 Å². The van der Waals surface area contributed by atoms with Crippen molar-refractivity contribution in [3.05, 3.63) is 28.8 Å². The summed E-state index contributed by atoms with van der Waals surface area (Å²) in [5, 5.41) is 0.537. The van der Waals surface area contributed by atoms with Crippen molar-refractivity contribution in [1.82, 2.24) is 9.97 Å². The lowest BCUT2D eigenvalue weighted by Gasteiger charge is -2.09. The molecule has 1 atom stereocenters. The van der Waals surface area contributed by atoms with Crippen LogP contribution >= 0.6 is 11.6 Å². The van der Waals surface area contributed by atoms with Crippen LogP contribution in [0.1, 0.15) is 5.56 Å². The summed E-state index contributed by atoms with van der Waals surface area (Å²) in [6.45, 7) is 0.453. The summed E-state index contributed by atoms with van der Waals surface area (Å²) in [6, 6.07) is 5.49. The number of benzene rings is 1. The Morgan fingerprint density at radius 1 is 1.38 bits per heavy atom. The number of nitrogens with two attached hydrogens (primary N) is 2. The van der Waals surface area contributed by atoms with Gasteiger partial charge in [-0.3, -0.25) is 0 Å². The normalized spacial score (nSPS) is 16.4. The fourth-order valence-corrected chi connectivity index (χ4v) is 2.65. The number of nitrogen functional groups attached to an aromatic ring is 1. The molecule has 0 unspecified atom stereocenters. The number of halogens is 1. The number of nitrogens with zero attached hydrogens (tertiary/aromatic N) is 2. The zero-order valence-electron chi connectivity index (χ0n) is 11.5. The van der Waals surface area contributed by atoms with Crippen LogP contribution in [-0.2, 0) is 6.42 Å². The second kappa shape index (κ2) is 5.38. The summed E-state index contributed by atoms with van der Waals surface area (Å²) in [5.74, 6) is 1.26. The first-order valence-corrected chi connectivity index (χ1v) is 6.86. The van der Waals surface area contributed by atoms with Gasteiger partial charge in [0.1, 0.15) is 11.9 Å². The highest BCUT2D eigenvalue weighted by atomic mass is 35.5. The van der Waals surface area contributed by atoms with Crippen LogP contribution in [0, 0.1) is 0 Å². The van der Waals surface area contributed by atoms with Crippen molar-refractivity contribution >= 4 is 17.5 Å². The Kier molecular flexibility index (Phi) is 3.57. The molecule has 0 saturated carbocycles. The van der Waals surface area contributed by atoms with Gasteiger partial charge in [-0.1, -0.05) is 11.6 Å². The van der Waals surface area contributed by atoms with Crippen LogP contribution in [0.2, 0.25) is 5.02 Å². The first-order valence-electron chi connectivity index (χ1n) is 6.48. The molecule has 1 aliphatic rings. The van der Waals surface area contributed by atoms with Gasteiger partial charge in [-0.2, -0.15) is 4.98 Å². The summed E-state index contributed by atoms with van der Waals surface area (Å²) >= 11 is 6.29. The fourth-order valence-electron chi connectivity index (χ4n) is 2.36. The number of methoxy groups -OCH3 is 1. The van der Waals surface area contributed by atoms with E-state index in [0.29, 0.717) is 28.9 Å². The van der Waals surface area contributed by atoms with Crippen LogP contribution in [0.5, 0.6) is 11.6 Å². The van der Waals surface area contributed by atoms with Crippen molar-refractivity contribution in [3.63, 3.8) is 0 Å². The van der Waals surface area contributed by atoms with Gasteiger partial charge in [-0.05, 0) is 12.1 Å². The monoisotopic (exact) mass is 306 g/mol. The Morgan fingerprint density at radius 2 is 2.19 bits per heavy atom. The van der Waals surface area contributed by atoms with Gasteiger partial charge in [0.2, 0.25) is 11.8 Å². The maximum atomic E-state index is 6.29. The summed E-state index contributed by atoms with van der Waals surface area (Å²) in [7, 11) is 1.53. The zero-order chi connectivity index (χ0) is 15.0. The van der Waals surface area contributed by atoms with E-state index in [-0.39, 0.29) is 12.1 Å². The maximum absolute atomic E-state index is 6.29. The smallest absolute Gasteiger partial charge is 0.223 e. The molecule has 4 N–H and O–H groups in total. The van der Waals surface area contributed by atoms with Gasteiger partial charge >= 0.3 is 0 Å². The molecule has 110 valence electrons. The number of anilines is 1. The number of fused-ring (bicyclic) bond motifs is 1. The Labute approximate surface area is 127 Å². The number of hydrogen-bond donors (Lipinski definition) is 2. The van der Waals surface area contributed by atoms with E-state index in [9.17, 15) is 0 Å². The van der Waals surface area contributed by atoms with E-state index in [4.69, 9.17) is 32.5 Å². The van der Waals surface area contributed by atoms with E-state index in [1.165, 1.54) is 7.11 Å². The van der Waals surface area contributed by atoms with Crippen LogP contribution in [-0.4, -0.2) is 29.7 Å². The highest BCUT2D eigenvalue weighted by molar-refractivity contribution is 6.32. The van der Waals surface area contributed by atoms with Gasteiger partial charge in [-0.15, -0.1) is 0 Å². The number of rotatable bonds is 3. The molecule has 0 fully saturated rings. The average Bonchev–Trinajstić information content (AvgIpc) is 2.90. The van der Waals surface area contributed by atoms with Gasteiger partial charge in [0, 0.05) is 30.2 Å². The lowest BCUT2D eigenvalue weighted by atomic mass is 10.0. The SMILES string of the molecule is COc1cc(-c2cc(Cl)c3c(c2)C[C@H](CN)O3)nc(N)n1. The molecule has 0 spiro atoms. The topological polar surface area (TPSA) is 96.3 Å². The van der Waals surface area contributed by atoms with Gasteiger partial charge in [0.25, 0.3) is 0 Å².